The monoisotopic (exact) mass is 397 g/mol. The van der Waals surface area contributed by atoms with Crippen molar-refractivity contribution in [1.82, 2.24) is 19.5 Å². The molecule has 0 unspecified atom stereocenters. The molecule has 2 N–H and O–H groups in total. The molecule has 0 radical (unpaired) electrons. The van der Waals surface area contributed by atoms with E-state index in [9.17, 15) is 4.79 Å². The number of nitrogens with one attached hydrogen (secondary N) is 2. The SMILES string of the molecule is CSc1nc2c(NCc3ccc(Cl)cc3)[nH]c(=O)nc2n1-c1ccccc1. The minimum atomic E-state index is -0.425. The zero-order valence-corrected chi connectivity index (χ0v) is 16.0. The number of para-hydroxylation sites is 1. The van der Waals surface area contributed by atoms with Crippen LogP contribution >= 0.6 is 23.4 Å². The van der Waals surface area contributed by atoms with Gasteiger partial charge in [-0.05, 0) is 36.1 Å². The van der Waals surface area contributed by atoms with Crippen LogP contribution < -0.4 is 11.0 Å². The Kier molecular flexibility index (Phi) is 4.87. The second-order valence-electron chi connectivity index (χ2n) is 5.84. The van der Waals surface area contributed by atoms with Crippen LogP contribution in [-0.4, -0.2) is 25.8 Å². The Morgan fingerprint density at radius 3 is 2.56 bits per heavy atom. The Labute approximate surface area is 164 Å². The highest BCUT2D eigenvalue weighted by Crippen LogP contribution is 2.27. The summed E-state index contributed by atoms with van der Waals surface area (Å²) in [6.07, 6.45) is 1.95. The second kappa shape index (κ2) is 7.46. The topological polar surface area (TPSA) is 75.6 Å². The smallest absolute Gasteiger partial charge is 0.348 e. The lowest BCUT2D eigenvalue weighted by atomic mass is 10.2. The molecule has 2 heterocycles. The highest BCUT2D eigenvalue weighted by atomic mass is 35.5. The van der Waals surface area contributed by atoms with E-state index in [0.717, 1.165) is 16.4 Å². The fraction of sp³-hybridized carbons (Fsp3) is 0.105. The van der Waals surface area contributed by atoms with Crippen molar-refractivity contribution in [2.45, 2.75) is 11.7 Å². The van der Waals surface area contributed by atoms with Crippen LogP contribution in [0.1, 0.15) is 5.56 Å². The van der Waals surface area contributed by atoms with Gasteiger partial charge < -0.3 is 5.32 Å². The van der Waals surface area contributed by atoms with Crippen LogP contribution in [0.2, 0.25) is 5.02 Å². The molecule has 2 aromatic heterocycles. The summed E-state index contributed by atoms with van der Waals surface area (Å²) in [5, 5.41) is 4.70. The Morgan fingerprint density at radius 2 is 1.85 bits per heavy atom. The molecule has 0 saturated carbocycles. The zero-order valence-electron chi connectivity index (χ0n) is 14.4. The predicted octanol–water partition coefficient (Wildman–Crippen LogP) is 4.10. The number of H-pyrrole nitrogens is 1. The number of anilines is 1. The lowest BCUT2D eigenvalue weighted by Crippen LogP contribution is -2.15. The summed E-state index contributed by atoms with van der Waals surface area (Å²) in [5.41, 5.74) is 2.67. The molecule has 0 bridgehead atoms. The Balaban J connectivity index is 1.79. The Bertz CT molecular complexity index is 1140. The van der Waals surface area contributed by atoms with E-state index >= 15 is 0 Å². The van der Waals surface area contributed by atoms with Crippen LogP contribution in [0.4, 0.5) is 5.82 Å². The number of imidazole rings is 1. The van der Waals surface area contributed by atoms with Crippen molar-refractivity contribution in [2.75, 3.05) is 11.6 Å². The van der Waals surface area contributed by atoms with Crippen LogP contribution in [0.15, 0.2) is 64.5 Å². The van der Waals surface area contributed by atoms with Gasteiger partial charge in [-0.1, -0.05) is 53.7 Å². The van der Waals surface area contributed by atoms with Gasteiger partial charge in [0.2, 0.25) is 0 Å². The van der Waals surface area contributed by atoms with E-state index < -0.39 is 5.69 Å². The van der Waals surface area contributed by atoms with Crippen LogP contribution in [0.3, 0.4) is 0 Å². The standard InChI is InChI=1S/C19H16ClN5OS/c1-27-19-22-15-16(21-11-12-7-9-13(20)10-8-12)23-18(26)24-17(15)25(19)14-5-3-2-4-6-14/h2-10H,11H2,1H3,(H2,21,23,24,26). The average Bonchev–Trinajstić information content (AvgIpc) is 3.06. The number of aromatic amines is 1. The zero-order chi connectivity index (χ0) is 18.8. The van der Waals surface area contributed by atoms with Gasteiger partial charge in [-0.15, -0.1) is 0 Å². The summed E-state index contributed by atoms with van der Waals surface area (Å²) in [7, 11) is 0. The summed E-state index contributed by atoms with van der Waals surface area (Å²) < 4.78 is 1.89. The number of hydrogen-bond donors (Lipinski definition) is 2. The third-order valence-electron chi connectivity index (χ3n) is 4.08. The van der Waals surface area contributed by atoms with E-state index in [1.54, 1.807) is 0 Å². The van der Waals surface area contributed by atoms with Gasteiger partial charge in [0.05, 0.1) is 0 Å². The average molecular weight is 398 g/mol. The van der Waals surface area contributed by atoms with Crippen molar-refractivity contribution >= 4 is 40.3 Å². The van der Waals surface area contributed by atoms with Crippen molar-refractivity contribution in [2.24, 2.45) is 0 Å². The van der Waals surface area contributed by atoms with E-state index in [1.165, 1.54) is 11.8 Å². The van der Waals surface area contributed by atoms with E-state index in [-0.39, 0.29) is 0 Å². The first kappa shape index (κ1) is 17.6. The maximum absolute atomic E-state index is 12.2. The summed E-state index contributed by atoms with van der Waals surface area (Å²) in [5.74, 6) is 0.546. The van der Waals surface area contributed by atoms with Crippen LogP contribution in [-0.2, 0) is 6.54 Å². The van der Waals surface area contributed by atoms with Gasteiger partial charge >= 0.3 is 5.69 Å². The molecule has 0 spiro atoms. The minimum absolute atomic E-state index is 0.425. The molecule has 136 valence electrons. The summed E-state index contributed by atoms with van der Waals surface area (Å²) in [4.78, 5) is 23.8. The lowest BCUT2D eigenvalue weighted by molar-refractivity contribution is 0.908. The molecule has 0 fully saturated rings. The molecule has 8 heteroatoms. The maximum atomic E-state index is 12.2. The van der Waals surface area contributed by atoms with Crippen LogP contribution in [0.25, 0.3) is 16.9 Å². The molecule has 0 atom stereocenters. The van der Waals surface area contributed by atoms with Gasteiger partial charge in [0.1, 0.15) is 11.3 Å². The maximum Gasteiger partial charge on any atom is 0.348 e. The summed E-state index contributed by atoms with van der Waals surface area (Å²) in [6, 6.07) is 17.3. The predicted molar refractivity (Wildman–Crippen MR) is 110 cm³/mol. The lowest BCUT2D eigenvalue weighted by Gasteiger charge is -2.08. The molecular weight excluding hydrogens is 382 g/mol. The number of halogens is 1. The highest BCUT2D eigenvalue weighted by Gasteiger charge is 2.17. The molecular formula is C19H16ClN5OS. The van der Waals surface area contributed by atoms with E-state index in [0.29, 0.717) is 28.5 Å². The quantitative estimate of drug-likeness (QED) is 0.496. The van der Waals surface area contributed by atoms with Gasteiger partial charge in [0.15, 0.2) is 10.8 Å². The molecule has 27 heavy (non-hydrogen) atoms. The van der Waals surface area contributed by atoms with Gasteiger partial charge in [0.25, 0.3) is 0 Å². The third-order valence-corrected chi connectivity index (χ3v) is 4.97. The number of rotatable bonds is 5. The fourth-order valence-corrected chi connectivity index (χ4v) is 3.50. The van der Waals surface area contributed by atoms with Crippen LogP contribution in [0.5, 0.6) is 0 Å². The molecule has 0 aliphatic carbocycles. The fourth-order valence-electron chi connectivity index (χ4n) is 2.82. The van der Waals surface area contributed by atoms with Crippen molar-refractivity contribution in [3.05, 3.63) is 75.7 Å². The van der Waals surface area contributed by atoms with Gasteiger partial charge in [-0.25, -0.2) is 9.78 Å². The van der Waals surface area contributed by atoms with Crippen LogP contribution in [0, 0.1) is 0 Å². The minimum Gasteiger partial charge on any atom is -0.366 e. The number of hydrogen-bond acceptors (Lipinski definition) is 5. The second-order valence-corrected chi connectivity index (χ2v) is 7.05. The Hall–Kier alpha value is -2.77. The molecule has 0 amide bonds. The highest BCUT2D eigenvalue weighted by molar-refractivity contribution is 7.98. The van der Waals surface area contributed by atoms with E-state index in [1.807, 2.05) is 65.4 Å². The normalized spacial score (nSPS) is 11.0. The first-order valence-corrected chi connectivity index (χ1v) is 9.86. The molecule has 4 aromatic rings. The number of fused-ring (bicyclic) bond motifs is 1. The van der Waals surface area contributed by atoms with Gasteiger partial charge in [0, 0.05) is 17.3 Å². The molecule has 0 saturated heterocycles. The molecule has 4 rings (SSSR count). The number of benzene rings is 2. The summed E-state index contributed by atoms with van der Waals surface area (Å²) in [6.45, 7) is 0.527. The number of thioether (sulfide) groups is 1. The molecule has 0 aliphatic heterocycles. The first-order chi connectivity index (χ1) is 13.2. The third kappa shape index (κ3) is 3.56. The molecule has 0 aliphatic rings. The Morgan fingerprint density at radius 1 is 1.11 bits per heavy atom. The molecule has 2 aromatic carbocycles. The number of nitrogens with zero attached hydrogens (tertiary/aromatic N) is 3. The van der Waals surface area contributed by atoms with Gasteiger partial charge in [-0.3, -0.25) is 9.55 Å². The van der Waals surface area contributed by atoms with Gasteiger partial charge in [-0.2, -0.15) is 4.98 Å². The van der Waals surface area contributed by atoms with Crippen molar-refractivity contribution in [3.63, 3.8) is 0 Å². The van der Waals surface area contributed by atoms with Crippen molar-refractivity contribution in [3.8, 4) is 5.69 Å². The first-order valence-electron chi connectivity index (χ1n) is 8.26. The number of aromatic nitrogens is 4. The van der Waals surface area contributed by atoms with E-state index in [2.05, 4.69) is 20.3 Å². The van der Waals surface area contributed by atoms with Crippen molar-refractivity contribution < 1.29 is 0 Å². The van der Waals surface area contributed by atoms with E-state index in [4.69, 9.17) is 11.6 Å². The largest absolute Gasteiger partial charge is 0.366 e. The molecule has 6 nitrogen and oxygen atoms in total. The summed E-state index contributed by atoms with van der Waals surface area (Å²) >= 11 is 7.43. The van der Waals surface area contributed by atoms with Crippen molar-refractivity contribution in [1.29, 1.82) is 0 Å².